The van der Waals surface area contributed by atoms with Crippen LogP contribution in [0.1, 0.15) is 20.3 Å². The summed E-state index contributed by atoms with van der Waals surface area (Å²) < 4.78 is 5.47. The summed E-state index contributed by atoms with van der Waals surface area (Å²) >= 11 is 0. The van der Waals surface area contributed by atoms with E-state index in [0.717, 1.165) is 25.4 Å². The van der Waals surface area contributed by atoms with Gasteiger partial charge in [0.2, 0.25) is 0 Å². The van der Waals surface area contributed by atoms with Crippen LogP contribution in [0.15, 0.2) is 0 Å². The van der Waals surface area contributed by atoms with Crippen LogP contribution >= 0.6 is 0 Å². The van der Waals surface area contributed by atoms with Crippen molar-refractivity contribution in [2.75, 3.05) is 13.2 Å². The van der Waals surface area contributed by atoms with Gasteiger partial charge in [0.1, 0.15) is 0 Å². The van der Waals surface area contributed by atoms with Crippen LogP contribution in [0.5, 0.6) is 0 Å². The van der Waals surface area contributed by atoms with Gasteiger partial charge in [-0.05, 0) is 6.42 Å². The molecule has 2 rings (SSSR count). The largest absolute Gasteiger partial charge is 0.374 e. The van der Waals surface area contributed by atoms with Crippen LogP contribution in [0.4, 0.5) is 0 Å². The highest BCUT2D eigenvalue weighted by Crippen LogP contribution is 2.28. The van der Waals surface area contributed by atoms with E-state index in [4.69, 9.17) is 10.1 Å². The Labute approximate surface area is 73.2 Å². The molecule has 12 heavy (non-hydrogen) atoms. The Morgan fingerprint density at radius 2 is 2.33 bits per heavy atom. The maximum absolute atomic E-state index is 7.87. The number of nitrogens with zero attached hydrogens (tertiary/aromatic N) is 1. The van der Waals surface area contributed by atoms with E-state index >= 15 is 0 Å². The topological polar surface area (TPSA) is 36.3 Å². The van der Waals surface area contributed by atoms with Gasteiger partial charge in [-0.25, -0.2) is 0 Å². The van der Waals surface area contributed by atoms with Crippen LogP contribution in [0.2, 0.25) is 0 Å². The van der Waals surface area contributed by atoms with Gasteiger partial charge in [0.05, 0.1) is 24.6 Å². The first-order valence-corrected chi connectivity index (χ1v) is 4.65. The first kappa shape index (κ1) is 8.05. The number of rotatable bonds is 1. The average Bonchev–Trinajstić information content (AvgIpc) is 2.62. The molecule has 2 unspecified atom stereocenters. The number of nitrogens with one attached hydrogen (secondary N) is 1. The van der Waals surface area contributed by atoms with Crippen molar-refractivity contribution in [3.05, 3.63) is 0 Å². The standard InChI is InChI=1S/C9H16N2O/c1-6(2)9(10)11-4-8-3-7(11)5-12-8/h6-8,10H,3-5H2,1-2H3. The Morgan fingerprint density at radius 1 is 1.58 bits per heavy atom. The lowest BCUT2D eigenvalue weighted by Gasteiger charge is -2.30. The minimum atomic E-state index is 0.351. The van der Waals surface area contributed by atoms with Gasteiger partial charge in [-0.2, -0.15) is 0 Å². The Balaban J connectivity index is 2.02. The van der Waals surface area contributed by atoms with E-state index in [1.165, 1.54) is 0 Å². The van der Waals surface area contributed by atoms with Gasteiger partial charge in [-0.1, -0.05) is 13.8 Å². The van der Waals surface area contributed by atoms with Crippen molar-refractivity contribution in [3.63, 3.8) is 0 Å². The van der Waals surface area contributed by atoms with E-state index in [2.05, 4.69) is 18.7 Å². The molecule has 0 aliphatic carbocycles. The molecule has 0 spiro atoms. The van der Waals surface area contributed by atoms with Gasteiger partial charge in [0, 0.05) is 12.5 Å². The SMILES string of the molecule is CC(C)C(=N)N1CC2CC1CO2. The number of likely N-dealkylation sites (tertiary alicyclic amines) is 1. The van der Waals surface area contributed by atoms with Crippen LogP contribution in [0, 0.1) is 11.3 Å². The van der Waals surface area contributed by atoms with Crippen LogP contribution in [0.3, 0.4) is 0 Å². The lowest BCUT2D eigenvalue weighted by molar-refractivity contribution is 0.0549. The second kappa shape index (κ2) is 2.73. The first-order chi connectivity index (χ1) is 5.68. The Bertz CT molecular complexity index is 203. The smallest absolute Gasteiger partial charge is 0.0988 e. The molecule has 0 saturated carbocycles. The Morgan fingerprint density at radius 3 is 2.75 bits per heavy atom. The van der Waals surface area contributed by atoms with Crippen molar-refractivity contribution >= 4 is 5.84 Å². The fraction of sp³-hybridized carbons (Fsp3) is 0.889. The number of hydrogen-bond donors (Lipinski definition) is 1. The zero-order valence-electron chi connectivity index (χ0n) is 7.71. The summed E-state index contributed by atoms with van der Waals surface area (Å²) in [6.45, 7) is 5.94. The van der Waals surface area contributed by atoms with Gasteiger partial charge in [-0.3, -0.25) is 5.41 Å². The lowest BCUT2D eigenvalue weighted by atomic mass is 10.1. The van der Waals surface area contributed by atoms with E-state index in [1.807, 2.05) is 0 Å². The van der Waals surface area contributed by atoms with Gasteiger partial charge in [-0.15, -0.1) is 0 Å². The molecular formula is C9H16N2O. The number of hydrogen-bond acceptors (Lipinski definition) is 2. The van der Waals surface area contributed by atoms with Crippen molar-refractivity contribution < 1.29 is 4.74 Å². The van der Waals surface area contributed by atoms with E-state index in [9.17, 15) is 0 Å². The zero-order chi connectivity index (χ0) is 8.72. The van der Waals surface area contributed by atoms with Crippen LogP contribution in [0.25, 0.3) is 0 Å². The zero-order valence-corrected chi connectivity index (χ0v) is 7.71. The first-order valence-electron chi connectivity index (χ1n) is 4.65. The Hall–Kier alpha value is -0.570. The molecule has 1 N–H and O–H groups in total. The molecule has 0 aromatic rings. The van der Waals surface area contributed by atoms with Gasteiger partial charge >= 0.3 is 0 Å². The summed E-state index contributed by atoms with van der Waals surface area (Å²) in [4.78, 5) is 2.21. The lowest BCUT2D eigenvalue weighted by Crippen LogP contribution is -2.43. The monoisotopic (exact) mass is 168 g/mol. The summed E-state index contributed by atoms with van der Waals surface area (Å²) in [7, 11) is 0. The van der Waals surface area contributed by atoms with Gasteiger partial charge in [0.25, 0.3) is 0 Å². The van der Waals surface area contributed by atoms with E-state index in [-0.39, 0.29) is 0 Å². The van der Waals surface area contributed by atoms with Crippen LogP contribution in [-0.4, -0.2) is 36.0 Å². The predicted octanol–water partition coefficient (Wildman–Crippen LogP) is 1.09. The fourth-order valence-electron chi connectivity index (χ4n) is 2.03. The minimum Gasteiger partial charge on any atom is -0.374 e. The van der Waals surface area contributed by atoms with Crippen molar-refractivity contribution in [2.45, 2.75) is 32.4 Å². The molecule has 0 aromatic carbocycles. The summed E-state index contributed by atoms with van der Waals surface area (Å²) in [6.07, 6.45) is 1.55. The number of amidine groups is 1. The highest BCUT2D eigenvalue weighted by Gasteiger charge is 2.40. The number of fused-ring (bicyclic) bond motifs is 2. The molecule has 68 valence electrons. The van der Waals surface area contributed by atoms with Crippen LogP contribution in [-0.2, 0) is 4.74 Å². The molecule has 3 nitrogen and oxygen atoms in total. The highest BCUT2D eigenvalue weighted by molar-refractivity contribution is 5.81. The molecular weight excluding hydrogens is 152 g/mol. The van der Waals surface area contributed by atoms with Crippen molar-refractivity contribution in [1.29, 1.82) is 5.41 Å². The van der Waals surface area contributed by atoms with Crippen molar-refractivity contribution in [2.24, 2.45) is 5.92 Å². The summed E-state index contributed by atoms with van der Waals surface area (Å²) in [5.74, 6) is 1.13. The van der Waals surface area contributed by atoms with Gasteiger partial charge in [0.15, 0.2) is 0 Å². The van der Waals surface area contributed by atoms with Crippen LogP contribution < -0.4 is 0 Å². The third kappa shape index (κ3) is 1.12. The molecule has 0 amide bonds. The van der Waals surface area contributed by atoms with E-state index in [1.54, 1.807) is 0 Å². The quantitative estimate of drug-likeness (QED) is 0.470. The van der Waals surface area contributed by atoms with Gasteiger partial charge < -0.3 is 9.64 Å². The maximum atomic E-state index is 7.87. The third-order valence-electron chi connectivity index (χ3n) is 2.76. The second-order valence-electron chi connectivity index (χ2n) is 4.04. The summed E-state index contributed by atoms with van der Waals surface area (Å²) in [6, 6.07) is 0.505. The molecule has 3 heteroatoms. The normalized spacial score (nSPS) is 33.4. The molecule has 2 saturated heterocycles. The Kier molecular flexibility index (Phi) is 1.83. The molecule has 2 aliphatic rings. The molecule has 0 aromatic heterocycles. The summed E-state index contributed by atoms with van der Waals surface area (Å²) in [5.41, 5.74) is 0. The second-order valence-corrected chi connectivity index (χ2v) is 4.04. The molecule has 2 fully saturated rings. The van der Waals surface area contributed by atoms with E-state index < -0.39 is 0 Å². The molecule has 2 atom stereocenters. The third-order valence-corrected chi connectivity index (χ3v) is 2.76. The average molecular weight is 168 g/mol. The molecule has 2 aliphatic heterocycles. The highest BCUT2D eigenvalue weighted by atomic mass is 16.5. The molecule has 2 heterocycles. The number of morpholine rings is 1. The number of ether oxygens (including phenoxy) is 1. The minimum absolute atomic E-state index is 0.351. The summed E-state index contributed by atoms with van der Waals surface area (Å²) in [5, 5.41) is 7.87. The maximum Gasteiger partial charge on any atom is 0.0988 e. The van der Waals surface area contributed by atoms with Crippen molar-refractivity contribution in [3.8, 4) is 0 Å². The predicted molar refractivity (Wildman–Crippen MR) is 47.4 cm³/mol. The fourth-order valence-corrected chi connectivity index (χ4v) is 2.03. The molecule has 2 bridgehead atoms. The molecule has 0 radical (unpaired) electrons. The van der Waals surface area contributed by atoms with E-state index in [0.29, 0.717) is 18.1 Å². The van der Waals surface area contributed by atoms with Crippen molar-refractivity contribution in [1.82, 2.24) is 4.90 Å².